The van der Waals surface area contributed by atoms with E-state index in [1.165, 1.54) is 6.92 Å². The summed E-state index contributed by atoms with van der Waals surface area (Å²) < 4.78 is 9.60. The number of rotatable bonds is 4. The first kappa shape index (κ1) is 13.0. The number of carbonyl (C=O) groups is 2. The van der Waals surface area contributed by atoms with Gasteiger partial charge >= 0.3 is 11.9 Å². The number of hydrogen-bond acceptors (Lipinski definition) is 4. The van der Waals surface area contributed by atoms with Crippen molar-refractivity contribution in [2.45, 2.75) is 13.8 Å². The van der Waals surface area contributed by atoms with E-state index in [2.05, 4.69) is 0 Å². The van der Waals surface area contributed by atoms with Crippen molar-refractivity contribution in [3.05, 3.63) is 47.7 Å². The van der Waals surface area contributed by atoms with Gasteiger partial charge in [-0.05, 0) is 26.0 Å². The largest absolute Gasteiger partial charge is 0.463 e. The van der Waals surface area contributed by atoms with E-state index < -0.39 is 11.9 Å². The minimum atomic E-state index is -0.505. The first-order valence-electron chi connectivity index (χ1n) is 5.25. The molecule has 90 valence electrons. The van der Waals surface area contributed by atoms with Gasteiger partial charge in [0, 0.05) is 0 Å². The molecule has 0 aliphatic carbocycles. The minimum Gasteiger partial charge on any atom is -0.463 e. The average molecular weight is 234 g/mol. The Morgan fingerprint density at radius 3 is 2.47 bits per heavy atom. The normalized spacial score (nSPS) is 10.8. The fourth-order valence-corrected chi connectivity index (χ4v) is 1.08. The summed E-state index contributed by atoms with van der Waals surface area (Å²) in [6, 6.07) is 8.54. The highest BCUT2D eigenvalue weighted by molar-refractivity contribution is 5.91. The molecule has 0 fully saturated rings. The number of esters is 2. The summed E-state index contributed by atoms with van der Waals surface area (Å²) in [4.78, 5) is 22.7. The van der Waals surface area contributed by atoms with Crippen LogP contribution in [0, 0.1) is 0 Å². The van der Waals surface area contributed by atoms with Crippen LogP contribution in [0.1, 0.15) is 24.2 Å². The molecule has 1 rings (SSSR count). The van der Waals surface area contributed by atoms with Crippen LogP contribution < -0.4 is 0 Å². The van der Waals surface area contributed by atoms with Gasteiger partial charge in [0.15, 0.2) is 0 Å². The van der Waals surface area contributed by atoms with Crippen molar-refractivity contribution in [1.29, 1.82) is 0 Å². The monoisotopic (exact) mass is 234 g/mol. The summed E-state index contributed by atoms with van der Waals surface area (Å²) in [6.07, 6.45) is 1.10. The molecule has 0 heterocycles. The average Bonchev–Trinajstić information content (AvgIpc) is 2.36. The van der Waals surface area contributed by atoms with Gasteiger partial charge in [-0.25, -0.2) is 9.59 Å². The summed E-state index contributed by atoms with van der Waals surface area (Å²) in [5.74, 6) is -0.998. The summed E-state index contributed by atoms with van der Waals surface area (Å²) >= 11 is 0. The Morgan fingerprint density at radius 2 is 1.88 bits per heavy atom. The molecule has 0 amide bonds. The second kappa shape index (κ2) is 6.48. The van der Waals surface area contributed by atoms with E-state index in [9.17, 15) is 9.59 Å². The standard InChI is InChI=1S/C13H14O4/c1-3-16-12(14)10(2)9-17-13(15)11-7-5-4-6-8-11/h4-9H,3H2,1-2H3/b10-9+. The van der Waals surface area contributed by atoms with E-state index in [1.54, 1.807) is 37.3 Å². The molecule has 0 saturated carbocycles. The molecule has 0 aromatic heterocycles. The van der Waals surface area contributed by atoms with Crippen LogP contribution in [-0.4, -0.2) is 18.5 Å². The molecule has 4 nitrogen and oxygen atoms in total. The van der Waals surface area contributed by atoms with Crippen molar-refractivity contribution < 1.29 is 19.1 Å². The lowest BCUT2D eigenvalue weighted by Gasteiger charge is -2.02. The Balaban J connectivity index is 2.59. The number of ether oxygens (including phenoxy) is 2. The van der Waals surface area contributed by atoms with Gasteiger partial charge < -0.3 is 9.47 Å². The van der Waals surface area contributed by atoms with Crippen LogP contribution >= 0.6 is 0 Å². The third kappa shape index (κ3) is 4.10. The van der Waals surface area contributed by atoms with Gasteiger partial charge in [0.1, 0.15) is 6.26 Å². The van der Waals surface area contributed by atoms with Gasteiger partial charge in [-0.3, -0.25) is 0 Å². The zero-order chi connectivity index (χ0) is 12.7. The van der Waals surface area contributed by atoms with Crippen LogP contribution in [0.3, 0.4) is 0 Å². The van der Waals surface area contributed by atoms with Gasteiger partial charge in [-0.1, -0.05) is 18.2 Å². The van der Waals surface area contributed by atoms with Crippen molar-refractivity contribution in [1.82, 2.24) is 0 Å². The fraction of sp³-hybridized carbons (Fsp3) is 0.231. The van der Waals surface area contributed by atoms with Crippen LogP contribution in [0.2, 0.25) is 0 Å². The molecule has 1 aromatic rings. The van der Waals surface area contributed by atoms with Crippen LogP contribution in [0.15, 0.2) is 42.2 Å². The van der Waals surface area contributed by atoms with Crippen molar-refractivity contribution in [3.8, 4) is 0 Å². The summed E-state index contributed by atoms with van der Waals surface area (Å²) in [6.45, 7) is 3.52. The van der Waals surface area contributed by atoms with Crippen molar-refractivity contribution in [2.75, 3.05) is 6.61 Å². The minimum absolute atomic E-state index is 0.246. The molecular formula is C13H14O4. The molecule has 0 spiro atoms. The SMILES string of the molecule is CCOC(=O)/C(C)=C/OC(=O)c1ccccc1. The Hall–Kier alpha value is -2.10. The highest BCUT2D eigenvalue weighted by atomic mass is 16.5. The molecule has 0 aliphatic heterocycles. The van der Waals surface area contributed by atoms with E-state index in [0.29, 0.717) is 5.56 Å². The van der Waals surface area contributed by atoms with Crippen molar-refractivity contribution in [2.24, 2.45) is 0 Å². The molecule has 0 unspecified atom stereocenters. The van der Waals surface area contributed by atoms with Gasteiger partial charge in [-0.15, -0.1) is 0 Å². The van der Waals surface area contributed by atoms with Gasteiger partial charge in [0.25, 0.3) is 0 Å². The van der Waals surface area contributed by atoms with Gasteiger partial charge in [0.2, 0.25) is 0 Å². The van der Waals surface area contributed by atoms with E-state index in [1.807, 2.05) is 0 Å². The Labute approximate surface area is 99.8 Å². The van der Waals surface area contributed by atoms with Gasteiger partial charge in [0.05, 0.1) is 17.7 Å². The topological polar surface area (TPSA) is 52.6 Å². The highest BCUT2D eigenvalue weighted by Gasteiger charge is 2.08. The number of benzene rings is 1. The molecular weight excluding hydrogens is 220 g/mol. The quantitative estimate of drug-likeness (QED) is 0.455. The van der Waals surface area contributed by atoms with E-state index in [4.69, 9.17) is 9.47 Å². The van der Waals surface area contributed by atoms with Crippen LogP contribution in [-0.2, 0) is 14.3 Å². The first-order chi connectivity index (χ1) is 8.15. The van der Waals surface area contributed by atoms with Crippen molar-refractivity contribution >= 4 is 11.9 Å². The molecule has 0 atom stereocenters. The number of hydrogen-bond donors (Lipinski definition) is 0. The zero-order valence-electron chi connectivity index (χ0n) is 9.80. The lowest BCUT2D eigenvalue weighted by atomic mass is 10.2. The fourth-order valence-electron chi connectivity index (χ4n) is 1.08. The maximum absolute atomic E-state index is 11.5. The smallest absolute Gasteiger partial charge is 0.342 e. The van der Waals surface area contributed by atoms with Crippen LogP contribution in [0.5, 0.6) is 0 Å². The molecule has 0 radical (unpaired) electrons. The molecule has 1 aromatic carbocycles. The molecule has 0 bridgehead atoms. The Bertz CT molecular complexity index is 420. The van der Waals surface area contributed by atoms with Crippen molar-refractivity contribution in [3.63, 3.8) is 0 Å². The van der Waals surface area contributed by atoms with Crippen LogP contribution in [0.25, 0.3) is 0 Å². The van der Waals surface area contributed by atoms with Gasteiger partial charge in [-0.2, -0.15) is 0 Å². The highest BCUT2D eigenvalue weighted by Crippen LogP contribution is 2.03. The summed E-state index contributed by atoms with van der Waals surface area (Å²) in [5, 5.41) is 0. The maximum Gasteiger partial charge on any atom is 0.342 e. The Kier molecular flexibility index (Phi) is 4.94. The predicted molar refractivity (Wildman–Crippen MR) is 62.2 cm³/mol. The lowest BCUT2D eigenvalue weighted by Crippen LogP contribution is -2.07. The van der Waals surface area contributed by atoms with E-state index >= 15 is 0 Å². The maximum atomic E-state index is 11.5. The molecule has 17 heavy (non-hydrogen) atoms. The summed E-state index contributed by atoms with van der Waals surface area (Å²) in [7, 11) is 0. The second-order valence-electron chi connectivity index (χ2n) is 3.29. The molecule has 4 heteroatoms. The first-order valence-corrected chi connectivity index (χ1v) is 5.25. The summed E-state index contributed by atoms with van der Waals surface area (Å²) in [5.41, 5.74) is 0.677. The third-order valence-corrected chi connectivity index (χ3v) is 1.95. The van der Waals surface area contributed by atoms with E-state index in [0.717, 1.165) is 6.26 Å². The molecule has 0 N–H and O–H groups in total. The molecule has 0 saturated heterocycles. The molecule has 0 aliphatic rings. The van der Waals surface area contributed by atoms with E-state index in [-0.39, 0.29) is 12.2 Å². The van der Waals surface area contributed by atoms with Crippen LogP contribution in [0.4, 0.5) is 0 Å². The lowest BCUT2D eigenvalue weighted by molar-refractivity contribution is -0.138. The zero-order valence-corrected chi connectivity index (χ0v) is 9.80. The Morgan fingerprint density at radius 1 is 1.24 bits per heavy atom. The third-order valence-electron chi connectivity index (χ3n) is 1.95. The second-order valence-corrected chi connectivity index (χ2v) is 3.29. The number of carbonyl (C=O) groups excluding carboxylic acids is 2. The predicted octanol–water partition coefficient (Wildman–Crippen LogP) is 2.31.